The highest BCUT2D eigenvalue weighted by atomic mass is 79.9. The molecule has 1 aliphatic rings. The number of ether oxygens (including phenoxy) is 1. The number of hydrogen-bond donors (Lipinski definition) is 1. The van der Waals surface area contributed by atoms with Crippen LogP contribution in [0.25, 0.3) is 11.1 Å². The van der Waals surface area contributed by atoms with Crippen LogP contribution < -0.4 is 14.4 Å². The van der Waals surface area contributed by atoms with Crippen LogP contribution in [-0.2, 0) is 14.8 Å². The Kier molecular flexibility index (Phi) is 6.26. The van der Waals surface area contributed by atoms with Gasteiger partial charge in [-0.2, -0.15) is 0 Å². The van der Waals surface area contributed by atoms with E-state index >= 15 is 0 Å². The van der Waals surface area contributed by atoms with E-state index in [0.717, 1.165) is 25.7 Å². The molecular formula is C24H23BrN2O4S. The maximum Gasteiger partial charge on any atom is 0.265 e. The minimum Gasteiger partial charge on any atom is -0.492 e. The molecule has 0 bridgehead atoms. The second-order valence-electron chi connectivity index (χ2n) is 7.61. The minimum atomic E-state index is -3.86. The third-order valence-corrected chi connectivity index (χ3v) is 7.74. The summed E-state index contributed by atoms with van der Waals surface area (Å²) >= 11 is 3.45. The van der Waals surface area contributed by atoms with E-state index in [1.54, 1.807) is 36.4 Å². The highest BCUT2D eigenvalue weighted by molar-refractivity contribution is 9.10. The lowest BCUT2D eigenvalue weighted by atomic mass is 10.0. The summed E-state index contributed by atoms with van der Waals surface area (Å²) in [6.07, 6.45) is 0. The third-order valence-electron chi connectivity index (χ3n) is 5.43. The number of nitrogens with zero attached hydrogens (tertiary/aromatic N) is 1. The molecule has 32 heavy (non-hydrogen) atoms. The number of hydrogen-bond acceptors (Lipinski definition) is 4. The molecule has 3 aromatic rings. The summed E-state index contributed by atoms with van der Waals surface area (Å²) in [5, 5.41) is 2.75. The predicted molar refractivity (Wildman–Crippen MR) is 129 cm³/mol. The van der Waals surface area contributed by atoms with Crippen molar-refractivity contribution in [1.29, 1.82) is 0 Å². The Labute approximate surface area is 196 Å². The highest BCUT2D eigenvalue weighted by Crippen LogP contribution is 2.43. The molecule has 0 radical (unpaired) electrons. The summed E-state index contributed by atoms with van der Waals surface area (Å²) in [5.41, 5.74) is 4.18. The number of sulfonamides is 1. The van der Waals surface area contributed by atoms with Crippen molar-refractivity contribution < 1.29 is 17.9 Å². The molecule has 3 aromatic carbocycles. The van der Waals surface area contributed by atoms with Crippen molar-refractivity contribution in [3.8, 4) is 16.9 Å². The first-order valence-electron chi connectivity index (χ1n) is 10.2. The van der Waals surface area contributed by atoms with Gasteiger partial charge in [-0.05, 0) is 61.4 Å². The van der Waals surface area contributed by atoms with Gasteiger partial charge < -0.3 is 10.1 Å². The molecule has 6 nitrogen and oxygen atoms in total. The normalized spacial score (nSPS) is 13.8. The van der Waals surface area contributed by atoms with E-state index in [-0.39, 0.29) is 24.6 Å². The third kappa shape index (κ3) is 4.38. The van der Waals surface area contributed by atoms with Crippen molar-refractivity contribution in [3.63, 3.8) is 0 Å². The Hall–Kier alpha value is -2.84. The van der Waals surface area contributed by atoms with Crippen LogP contribution >= 0.6 is 15.9 Å². The van der Waals surface area contributed by atoms with Crippen LogP contribution in [0, 0.1) is 13.8 Å². The quantitative estimate of drug-likeness (QED) is 0.493. The number of aryl methyl sites for hydroxylation is 2. The highest BCUT2D eigenvalue weighted by Gasteiger charge is 2.35. The molecule has 8 heteroatoms. The molecule has 0 unspecified atom stereocenters. The number of nitrogens with one attached hydrogen (secondary N) is 1. The van der Waals surface area contributed by atoms with Crippen LogP contribution in [0.15, 0.2) is 70.0 Å². The van der Waals surface area contributed by atoms with Crippen LogP contribution in [0.3, 0.4) is 0 Å². The molecule has 0 aliphatic carbocycles. The molecule has 1 heterocycles. The van der Waals surface area contributed by atoms with E-state index in [1.165, 1.54) is 5.56 Å². The number of carbonyl (C=O) groups excluding carboxylic acids is 1. The fraction of sp³-hybridized carbons (Fsp3) is 0.208. The SMILES string of the molecule is Cc1ccc(OCCNC(=O)CN2c3ccc(Br)cc3-c3ccccc3S2(=O)=O)cc1C. The number of amides is 1. The van der Waals surface area contributed by atoms with Crippen molar-refractivity contribution in [1.82, 2.24) is 5.32 Å². The van der Waals surface area contributed by atoms with Crippen LogP contribution in [0.4, 0.5) is 5.69 Å². The number of rotatable bonds is 6. The van der Waals surface area contributed by atoms with Gasteiger partial charge in [0.05, 0.1) is 17.1 Å². The lowest BCUT2D eigenvalue weighted by Gasteiger charge is -2.31. The second-order valence-corrected chi connectivity index (χ2v) is 10.4. The summed E-state index contributed by atoms with van der Waals surface area (Å²) in [4.78, 5) is 12.8. The molecule has 1 N–H and O–H groups in total. The summed E-state index contributed by atoms with van der Waals surface area (Å²) in [6, 6.07) is 18.0. The van der Waals surface area contributed by atoms with Crippen molar-refractivity contribution in [3.05, 3.63) is 76.3 Å². The molecule has 1 amide bonds. The average molecular weight is 515 g/mol. The van der Waals surface area contributed by atoms with Crippen molar-refractivity contribution in [2.24, 2.45) is 0 Å². The van der Waals surface area contributed by atoms with Gasteiger partial charge in [-0.1, -0.05) is 40.2 Å². The lowest BCUT2D eigenvalue weighted by Crippen LogP contribution is -2.43. The molecule has 0 fully saturated rings. The minimum absolute atomic E-state index is 0.191. The van der Waals surface area contributed by atoms with E-state index in [0.29, 0.717) is 11.3 Å². The van der Waals surface area contributed by atoms with Crippen LogP contribution in [-0.4, -0.2) is 34.0 Å². The molecule has 0 atom stereocenters. The van der Waals surface area contributed by atoms with Gasteiger partial charge in [-0.15, -0.1) is 0 Å². The Bertz CT molecular complexity index is 1290. The zero-order valence-corrected chi connectivity index (χ0v) is 20.2. The molecule has 166 valence electrons. The number of carbonyl (C=O) groups is 1. The zero-order valence-electron chi connectivity index (χ0n) is 17.8. The van der Waals surface area contributed by atoms with E-state index in [1.807, 2.05) is 38.1 Å². The first-order valence-corrected chi connectivity index (χ1v) is 12.4. The Morgan fingerprint density at radius 2 is 1.78 bits per heavy atom. The van der Waals surface area contributed by atoms with Gasteiger partial charge in [0.2, 0.25) is 5.91 Å². The second kappa shape index (κ2) is 8.96. The van der Waals surface area contributed by atoms with Gasteiger partial charge in [-0.3, -0.25) is 9.10 Å². The fourth-order valence-electron chi connectivity index (χ4n) is 3.62. The van der Waals surface area contributed by atoms with Gasteiger partial charge in [0.15, 0.2) is 0 Å². The summed E-state index contributed by atoms with van der Waals surface area (Å²) in [7, 11) is -3.86. The van der Waals surface area contributed by atoms with E-state index < -0.39 is 15.9 Å². The summed E-state index contributed by atoms with van der Waals surface area (Å²) in [6.45, 7) is 4.28. The first kappa shape index (κ1) is 22.4. The van der Waals surface area contributed by atoms with E-state index in [9.17, 15) is 13.2 Å². The summed E-state index contributed by atoms with van der Waals surface area (Å²) < 4.78 is 34.2. The predicted octanol–water partition coefficient (Wildman–Crippen LogP) is 4.44. The summed E-state index contributed by atoms with van der Waals surface area (Å²) in [5.74, 6) is 0.336. The van der Waals surface area contributed by atoms with Gasteiger partial charge in [0.1, 0.15) is 18.9 Å². The van der Waals surface area contributed by atoms with Crippen LogP contribution in [0.5, 0.6) is 5.75 Å². The number of halogens is 1. The standard InChI is InChI=1S/C24H23BrN2O4S/c1-16-7-9-19(13-17(16)2)31-12-11-26-24(28)15-27-22-10-8-18(25)14-21(22)20-5-3-4-6-23(20)32(27,29)30/h3-10,13-14H,11-12,15H2,1-2H3,(H,26,28). The lowest BCUT2D eigenvalue weighted by molar-refractivity contribution is -0.119. The molecule has 0 aromatic heterocycles. The van der Waals surface area contributed by atoms with Crippen molar-refractivity contribution >= 4 is 37.5 Å². The molecule has 1 aliphatic heterocycles. The molecule has 0 saturated heterocycles. The smallest absolute Gasteiger partial charge is 0.265 e. The van der Waals surface area contributed by atoms with Gasteiger partial charge in [0.25, 0.3) is 10.0 Å². The Balaban J connectivity index is 1.46. The molecule has 4 rings (SSSR count). The van der Waals surface area contributed by atoms with Gasteiger partial charge >= 0.3 is 0 Å². The van der Waals surface area contributed by atoms with Crippen LogP contribution in [0.2, 0.25) is 0 Å². The Morgan fingerprint density at radius 3 is 2.56 bits per heavy atom. The first-order chi connectivity index (χ1) is 15.3. The van der Waals surface area contributed by atoms with E-state index in [4.69, 9.17) is 4.74 Å². The largest absolute Gasteiger partial charge is 0.492 e. The Morgan fingerprint density at radius 1 is 1.00 bits per heavy atom. The topological polar surface area (TPSA) is 75.7 Å². The maximum absolute atomic E-state index is 13.3. The van der Waals surface area contributed by atoms with Crippen molar-refractivity contribution in [2.45, 2.75) is 18.7 Å². The van der Waals surface area contributed by atoms with Crippen LogP contribution in [0.1, 0.15) is 11.1 Å². The van der Waals surface area contributed by atoms with E-state index in [2.05, 4.69) is 21.2 Å². The van der Waals surface area contributed by atoms with Gasteiger partial charge in [0, 0.05) is 15.6 Å². The fourth-order valence-corrected chi connectivity index (χ4v) is 5.63. The number of fused-ring (bicyclic) bond motifs is 3. The van der Waals surface area contributed by atoms with Crippen molar-refractivity contribution in [2.75, 3.05) is 24.0 Å². The molecular weight excluding hydrogens is 492 g/mol. The number of anilines is 1. The molecule has 0 saturated carbocycles. The monoisotopic (exact) mass is 514 g/mol. The zero-order chi connectivity index (χ0) is 22.9. The molecule has 0 spiro atoms. The average Bonchev–Trinajstić information content (AvgIpc) is 2.77. The number of benzene rings is 3. The van der Waals surface area contributed by atoms with Gasteiger partial charge in [-0.25, -0.2) is 8.42 Å². The maximum atomic E-state index is 13.3.